The van der Waals surface area contributed by atoms with Crippen LogP contribution in [0.4, 0.5) is 0 Å². The van der Waals surface area contributed by atoms with E-state index >= 15 is 0 Å². The molecule has 0 spiro atoms. The smallest absolute Gasteiger partial charge is 0.308 e. The van der Waals surface area contributed by atoms with Gasteiger partial charge in [0.1, 0.15) is 5.75 Å². The molecular weight excluding hydrogens is 338 g/mol. The maximum Gasteiger partial charge on any atom is 0.308 e. The van der Waals surface area contributed by atoms with E-state index in [9.17, 15) is 9.59 Å². The van der Waals surface area contributed by atoms with Crippen molar-refractivity contribution in [2.45, 2.75) is 25.9 Å². The zero-order chi connectivity index (χ0) is 15.4. The summed E-state index contributed by atoms with van der Waals surface area (Å²) in [6.45, 7) is 2.54. The summed E-state index contributed by atoms with van der Waals surface area (Å²) in [6.07, 6.45) is 0.694. The lowest BCUT2D eigenvalue weighted by atomic mass is 9.98. The Kier molecular flexibility index (Phi) is 5.22. The van der Waals surface area contributed by atoms with Gasteiger partial charge >= 0.3 is 5.97 Å². The zero-order valence-corrected chi connectivity index (χ0v) is 13.4. The Hall–Kier alpha value is -1.56. The number of carbonyl (C=O) groups excluding carboxylic acids is 1. The molecule has 21 heavy (non-hydrogen) atoms. The molecule has 1 aromatic rings. The number of hydrogen-bond donors (Lipinski definition) is 1. The molecule has 0 saturated carbocycles. The fourth-order valence-electron chi connectivity index (χ4n) is 2.42. The minimum atomic E-state index is -0.841. The number of rotatable bonds is 4. The van der Waals surface area contributed by atoms with Crippen molar-refractivity contribution in [3.8, 4) is 5.75 Å². The van der Waals surface area contributed by atoms with Crippen LogP contribution in [0.15, 0.2) is 28.7 Å². The van der Waals surface area contributed by atoms with Gasteiger partial charge in [0.15, 0.2) is 6.10 Å². The summed E-state index contributed by atoms with van der Waals surface area (Å²) in [5.41, 5.74) is 0. The average Bonchev–Trinajstić information content (AvgIpc) is 2.49. The highest BCUT2D eigenvalue weighted by Crippen LogP contribution is 2.25. The standard InChI is InChI=1S/C15H18BrNO4/c1-10(21-13-7-3-2-6-12(13)16)14(18)17-8-4-5-11(9-17)15(19)20/h2-3,6-7,10-11H,4-5,8-9H2,1H3,(H,19,20)/t10-,11+/m1/s1. The van der Waals surface area contributed by atoms with Crippen LogP contribution < -0.4 is 4.74 Å². The highest BCUT2D eigenvalue weighted by molar-refractivity contribution is 9.10. The summed E-state index contributed by atoms with van der Waals surface area (Å²) < 4.78 is 6.45. The van der Waals surface area contributed by atoms with Crippen molar-refractivity contribution < 1.29 is 19.4 Å². The minimum Gasteiger partial charge on any atom is -0.481 e. The summed E-state index contributed by atoms with van der Waals surface area (Å²) in [4.78, 5) is 25.0. The number of nitrogens with zero attached hydrogens (tertiary/aromatic N) is 1. The predicted molar refractivity (Wildman–Crippen MR) is 81.2 cm³/mol. The van der Waals surface area contributed by atoms with E-state index < -0.39 is 18.0 Å². The summed E-state index contributed by atoms with van der Waals surface area (Å²) in [6, 6.07) is 7.32. The first-order valence-corrected chi connectivity index (χ1v) is 7.71. The van der Waals surface area contributed by atoms with Crippen LogP contribution >= 0.6 is 15.9 Å². The zero-order valence-electron chi connectivity index (χ0n) is 11.8. The maximum atomic E-state index is 12.4. The first-order chi connectivity index (χ1) is 9.99. The van der Waals surface area contributed by atoms with Crippen molar-refractivity contribution in [2.24, 2.45) is 5.92 Å². The van der Waals surface area contributed by atoms with Crippen molar-refractivity contribution in [1.29, 1.82) is 0 Å². The van der Waals surface area contributed by atoms with Gasteiger partial charge in [-0.25, -0.2) is 0 Å². The third-order valence-corrected chi connectivity index (χ3v) is 4.23. The lowest BCUT2D eigenvalue weighted by molar-refractivity contribution is -0.147. The van der Waals surface area contributed by atoms with Gasteiger partial charge in [0.25, 0.3) is 5.91 Å². The van der Waals surface area contributed by atoms with Crippen molar-refractivity contribution in [3.63, 3.8) is 0 Å². The monoisotopic (exact) mass is 355 g/mol. The fraction of sp³-hybridized carbons (Fsp3) is 0.467. The van der Waals surface area contributed by atoms with Crippen LogP contribution in [-0.4, -0.2) is 41.1 Å². The highest BCUT2D eigenvalue weighted by Gasteiger charge is 2.31. The molecule has 1 aliphatic heterocycles. The molecular formula is C15H18BrNO4. The van der Waals surface area contributed by atoms with E-state index in [0.717, 1.165) is 4.47 Å². The molecule has 1 aliphatic rings. The van der Waals surface area contributed by atoms with E-state index in [1.807, 2.05) is 18.2 Å². The van der Waals surface area contributed by atoms with Crippen LogP contribution in [0.5, 0.6) is 5.75 Å². The Morgan fingerprint density at radius 3 is 2.81 bits per heavy atom. The Morgan fingerprint density at radius 1 is 1.43 bits per heavy atom. The topological polar surface area (TPSA) is 66.8 Å². The largest absolute Gasteiger partial charge is 0.481 e. The Labute approximate surface area is 132 Å². The molecule has 2 atom stereocenters. The molecule has 5 nitrogen and oxygen atoms in total. The van der Waals surface area contributed by atoms with Gasteiger partial charge in [-0.3, -0.25) is 9.59 Å². The van der Waals surface area contributed by atoms with E-state index in [4.69, 9.17) is 9.84 Å². The molecule has 0 radical (unpaired) electrons. The van der Waals surface area contributed by atoms with Crippen molar-refractivity contribution in [3.05, 3.63) is 28.7 Å². The summed E-state index contributed by atoms with van der Waals surface area (Å²) in [7, 11) is 0. The van der Waals surface area contributed by atoms with Crippen LogP contribution in [0.2, 0.25) is 0 Å². The second-order valence-electron chi connectivity index (χ2n) is 5.15. The third-order valence-electron chi connectivity index (χ3n) is 3.57. The summed E-state index contributed by atoms with van der Waals surface area (Å²) in [5, 5.41) is 9.07. The molecule has 0 unspecified atom stereocenters. The van der Waals surface area contributed by atoms with Gasteiger partial charge < -0.3 is 14.7 Å². The molecule has 1 fully saturated rings. The lowest BCUT2D eigenvalue weighted by Gasteiger charge is -2.32. The number of halogens is 1. The number of carboxylic acid groups (broad SMARTS) is 1. The van der Waals surface area contributed by atoms with E-state index in [1.165, 1.54) is 0 Å². The number of para-hydroxylation sites is 1. The van der Waals surface area contributed by atoms with Gasteiger partial charge in [-0.15, -0.1) is 0 Å². The molecule has 0 bridgehead atoms. The quantitative estimate of drug-likeness (QED) is 0.900. The number of carbonyl (C=O) groups is 2. The van der Waals surface area contributed by atoms with Gasteiger partial charge in [-0.1, -0.05) is 12.1 Å². The molecule has 1 heterocycles. The molecule has 1 saturated heterocycles. The number of aliphatic carboxylic acids is 1. The Balaban J connectivity index is 1.99. The normalized spacial score (nSPS) is 19.9. The van der Waals surface area contributed by atoms with Crippen LogP contribution in [0.3, 0.4) is 0 Å². The SMILES string of the molecule is C[C@@H](Oc1ccccc1Br)C(=O)N1CCC[C@H](C(=O)O)C1. The summed E-state index contributed by atoms with van der Waals surface area (Å²) >= 11 is 3.37. The average molecular weight is 356 g/mol. The van der Waals surface area contributed by atoms with E-state index in [0.29, 0.717) is 25.1 Å². The van der Waals surface area contributed by atoms with Crippen LogP contribution in [-0.2, 0) is 9.59 Å². The number of piperidine rings is 1. The molecule has 0 aliphatic carbocycles. The number of amides is 1. The summed E-state index contributed by atoms with van der Waals surface area (Å²) in [5.74, 6) is -0.882. The van der Waals surface area contributed by atoms with Gasteiger partial charge in [0.2, 0.25) is 0 Å². The Bertz CT molecular complexity index is 534. The van der Waals surface area contributed by atoms with Gasteiger partial charge in [-0.2, -0.15) is 0 Å². The van der Waals surface area contributed by atoms with Crippen molar-refractivity contribution in [1.82, 2.24) is 4.90 Å². The number of carboxylic acids is 1. The van der Waals surface area contributed by atoms with Crippen LogP contribution in [0, 0.1) is 5.92 Å². The molecule has 1 amide bonds. The molecule has 6 heteroatoms. The first-order valence-electron chi connectivity index (χ1n) is 6.92. The van der Waals surface area contributed by atoms with Gasteiger partial charge in [0, 0.05) is 13.1 Å². The van der Waals surface area contributed by atoms with Crippen molar-refractivity contribution >= 4 is 27.8 Å². The fourth-order valence-corrected chi connectivity index (χ4v) is 2.80. The molecule has 0 aromatic heterocycles. The van der Waals surface area contributed by atoms with E-state index in [2.05, 4.69) is 15.9 Å². The van der Waals surface area contributed by atoms with Crippen molar-refractivity contribution in [2.75, 3.05) is 13.1 Å². The second kappa shape index (κ2) is 6.93. The Morgan fingerprint density at radius 2 is 2.14 bits per heavy atom. The first kappa shape index (κ1) is 15.8. The number of ether oxygens (including phenoxy) is 1. The van der Waals surface area contributed by atoms with E-state index in [-0.39, 0.29) is 12.5 Å². The van der Waals surface area contributed by atoms with Gasteiger partial charge in [-0.05, 0) is 47.8 Å². The number of hydrogen-bond acceptors (Lipinski definition) is 3. The molecule has 1 aromatic carbocycles. The minimum absolute atomic E-state index is 0.170. The number of benzene rings is 1. The molecule has 114 valence electrons. The number of likely N-dealkylation sites (tertiary alicyclic amines) is 1. The van der Waals surface area contributed by atoms with E-state index in [1.54, 1.807) is 17.9 Å². The molecule has 1 N–H and O–H groups in total. The predicted octanol–water partition coefficient (Wildman–Crippen LogP) is 2.54. The van der Waals surface area contributed by atoms with Gasteiger partial charge in [0.05, 0.1) is 10.4 Å². The van der Waals surface area contributed by atoms with Crippen LogP contribution in [0.25, 0.3) is 0 Å². The second-order valence-corrected chi connectivity index (χ2v) is 6.01. The maximum absolute atomic E-state index is 12.4. The highest BCUT2D eigenvalue weighted by atomic mass is 79.9. The third kappa shape index (κ3) is 3.97. The van der Waals surface area contributed by atoms with Crippen LogP contribution in [0.1, 0.15) is 19.8 Å². The lowest BCUT2D eigenvalue weighted by Crippen LogP contribution is -2.47. The molecule has 2 rings (SSSR count).